The van der Waals surface area contributed by atoms with Crippen LogP contribution in [-0.4, -0.2) is 41.5 Å². The van der Waals surface area contributed by atoms with Crippen molar-refractivity contribution in [3.05, 3.63) is 114 Å². The lowest BCUT2D eigenvalue weighted by atomic mass is 9.88. The van der Waals surface area contributed by atoms with Crippen molar-refractivity contribution in [2.75, 3.05) is 19.6 Å². The maximum absolute atomic E-state index is 13.0. The third-order valence-electron chi connectivity index (χ3n) is 6.94. The highest BCUT2D eigenvalue weighted by molar-refractivity contribution is 6.05. The molecular weight excluding hydrogens is 418 g/mol. The van der Waals surface area contributed by atoms with Crippen LogP contribution in [0.5, 0.6) is 0 Å². The number of carbonyl (C=O) groups is 1. The van der Waals surface area contributed by atoms with Gasteiger partial charge in [-0.3, -0.25) is 9.78 Å². The van der Waals surface area contributed by atoms with Crippen molar-refractivity contribution in [3.63, 3.8) is 0 Å². The van der Waals surface area contributed by atoms with Crippen molar-refractivity contribution in [3.8, 4) is 0 Å². The summed E-state index contributed by atoms with van der Waals surface area (Å²) in [6, 6.07) is 31.5. The molecule has 4 heteroatoms. The molecule has 4 aromatic rings. The number of piperidine rings is 1. The summed E-state index contributed by atoms with van der Waals surface area (Å²) in [4.78, 5) is 19.9. The van der Waals surface area contributed by atoms with Gasteiger partial charge in [-0.25, -0.2) is 0 Å². The molecule has 0 atom stereocenters. The third kappa shape index (κ3) is 5.18. The average molecular weight is 450 g/mol. The topological polar surface area (TPSA) is 45.2 Å². The highest BCUT2D eigenvalue weighted by Crippen LogP contribution is 2.28. The van der Waals surface area contributed by atoms with Crippen LogP contribution in [0.1, 0.15) is 46.7 Å². The van der Waals surface area contributed by atoms with Gasteiger partial charge >= 0.3 is 0 Å². The van der Waals surface area contributed by atoms with Gasteiger partial charge in [-0.15, -0.1) is 0 Å². The highest BCUT2D eigenvalue weighted by atomic mass is 16.1. The van der Waals surface area contributed by atoms with Crippen LogP contribution in [-0.2, 0) is 0 Å². The van der Waals surface area contributed by atoms with Gasteiger partial charge in [0.25, 0.3) is 5.91 Å². The normalized spacial score (nSPS) is 15.0. The lowest BCUT2D eigenvalue weighted by molar-refractivity contribution is 0.0912. The summed E-state index contributed by atoms with van der Waals surface area (Å²) in [5.41, 5.74) is 4.18. The number of fused-ring (bicyclic) bond motifs is 1. The number of amides is 1. The number of rotatable bonds is 7. The second kappa shape index (κ2) is 10.6. The maximum Gasteiger partial charge on any atom is 0.253 e. The lowest BCUT2D eigenvalue weighted by Gasteiger charge is -2.33. The quantitative estimate of drug-likeness (QED) is 0.396. The number of nitrogens with one attached hydrogen (secondary N) is 1. The first-order valence-electron chi connectivity index (χ1n) is 12.2. The zero-order valence-corrected chi connectivity index (χ0v) is 19.4. The van der Waals surface area contributed by atoms with Crippen LogP contribution < -0.4 is 5.32 Å². The number of aromatic nitrogens is 1. The first-order valence-corrected chi connectivity index (χ1v) is 12.2. The first-order chi connectivity index (χ1) is 16.8. The van der Waals surface area contributed by atoms with Crippen LogP contribution in [0.25, 0.3) is 10.9 Å². The Balaban J connectivity index is 1.17. The number of benzene rings is 3. The Morgan fingerprint density at radius 3 is 2.18 bits per heavy atom. The Hall–Kier alpha value is -3.50. The number of hydrogen-bond acceptors (Lipinski definition) is 3. The molecule has 2 heterocycles. The van der Waals surface area contributed by atoms with Crippen molar-refractivity contribution in [1.82, 2.24) is 15.2 Å². The number of pyridine rings is 1. The fourth-order valence-corrected chi connectivity index (χ4v) is 5.06. The van der Waals surface area contributed by atoms with E-state index >= 15 is 0 Å². The molecule has 5 rings (SSSR count). The molecular formula is C30H31N3O. The van der Waals surface area contributed by atoms with E-state index in [0.717, 1.165) is 49.8 Å². The Morgan fingerprint density at radius 1 is 0.853 bits per heavy atom. The van der Waals surface area contributed by atoms with Gasteiger partial charge in [0.1, 0.15) is 0 Å². The molecule has 1 aromatic heterocycles. The Kier molecular flexibility index (Phi) is 6.97. The molecule has 1 amide bonds. The summed E-state index contributed by atoms with van der Waals surface area (Å²) >= 11 is 0. The molecule has 0 spiro atoms. The van der Waals surface area contributed by atoms with Gasteiger partial charge in [0, 0.05) is 36.6 Å². The molecule has 3 aromatic carbocycles. The molecule has 1 aliphatic rings. The van der Waals surface area contributed by atoms with Gasteiger partial charge in [-0.2, -0.15) is 0 Å². The van der Waals surface area contributed by atoms with Gasteiger partial charge in [-0.1, -0.05) is 78.9 Å². The number of para-hydroxylation sites is 1. The van der Waals surface area contributed by atoms with Gasteiger partial charge in [0.2, 0.25) is 0 Å². The summed E-state index contributed by atoms with van der Waals surface area (Å²) in [5.74, 6) is 0.384. The SMILES string of the molecule is O=C(NC1CCN(CCC(c2ccccc2)c2ccccc2)CC1)c1cccc2cccnc12. The number of hydrogen-bond donors (Lipinski definition) is 1. The number of nitrogens with zero attached hydrogens (tertiary/aromatic N) is 2. The van der Waals surface area contributed by atoms with E-state index in [9.17, 15) is 4.79 Å². The number of carbonyl (C=O) groups excluding carboxylic acids is 1. The largest absolute Gasteiger partial charge is 0.349 e. The van der Waals surface area contributed by atoms with Crippen molar-refractivity contribution in [2.24, 2.45) is 0 Å². The van der Waals surface area contributed by atoms with Gasteiger partial charge < -0.3 is 10.2 Å². The van der Waals surface area contributed by atoms with Gasteiger partial charge in [0.05, 0.1) is 11.1 Å². The minimum atomic E-state index is -0.0176. The minimum Gasteiger partial charge on any atom is -0.349 e. The molecule has 1 aliphatic heterocycles. The van der Waals surface area contributed by atoms with E-state index in [1.165, 1.54) is 11.1 Å². The molecule has 1 N–H and O–H groups in total. The zero-order valence-electron chi connectivity index (χ0n) is 19.4. The van der Waals surface area contributed by atoms with Crippen LogP contribution in [0.4, 0.5) is 0 Å². The summed E-state index contributed by atoms with van der Waals surface area (Å²) < 4.78 is 0. The molecule has 0 bridgehead atoms. The predicted octanol–water partition coefficient (Wildman–Crippen LogP) is 5.65. The molecule has 0 unspecified atom stereocenters. The Labute approximate surface area is 201 Å². The van der Waals surface area contributed by atoms with Crippen molar-refractivity contribution in [1.29, 1.82) is 0 Å². The first kappa shape index (κ1) is 22.3. The second-order valence-corrected chi connectivity index (χ2v) is 9.13. The van der Waals surface area contributed by atoms with E-state index in [1.54, 1.807) is 6.20 Å². The van der Waals surface area contributed by atoms with E-state index in [0.29, 0.717) is 11.5 Å². The minimum absolute atomic E-state index is 0.0176. The summed E-state index contributed by atoms with van der Waals surface area (Å²) in [5, 5.41) is 4.26. The van der Waals surface area contributed by atoms with Crippen LogP contribution in [0.3, 0.4) is 0 Å². The fraction of sp³-hybridized carbons (Fsp3) is 0.267. The summed E-state index contributed by atoms with van der Waals surface area (Å²) in [6.07, 6.45) is 4.79. The monoisotopic (exact) mass is 449 g/mol. The highest BCUT2D eigenvalue weighted by Gasteiger charge is 2.23. The van der Waals surface area contributed by atoms with E-state index in [-0.39, 0.29) is 11.9 Å². The molecule has 0 saturated carbocycles. The third-order valence-corrected chi connectivity index (χ3v) is 6.94. The van der Waals surface area contributed by atoms with Gasteiger partial charge in [0.15, 0.2) is 0 Å². The van der Waals surface area contributed by atoms with Crippen molar-refractivity contribution in [2.45, 2.75) is 31.2 Å². The van der Waals surface area contributed by atoms with Crippen LogP contribution in [0, 0.1) is 0 Å². The molecule has 34 heavy (non-hydrogen) atoms. The molecule has 1 saturated heterocycles. The van der Waals surface area contributed by atoms with Crippen molar-refractivity contribution < 1.29 is 4.79 Å². The van der Waals surface area contributed by atoms with Crippen LogP contribution in [0.2, 0.25) is 0 Å². The average Bonchev–Trinajstić information content (AvgIpc) is 2.90. The number of likely N-dealkylation sites (tertiary alicyclic amines) is 1. The Bertz CT molecular complexity index is 1170. The zero-order chi connectivity index (χ0) is 23.2. The van der Waals surface area contributed by atoms with E-state index in [4.69, 9.17) is 0 Å². The molecule has 0 radical (unpaired) electrons. The van der Waals surface area contributed by atoms with Crippen molar-refractivity contribution >= 4 is 16.8 Å². The Morgan fingerprint density at radius 2 is 1.50 bits per heavy atom. The molecule has 172 valence electrons. The molecule has 0 aliphatic carbocycles. The summed E-state index contributed by atoms with van der Waals surface area (Å²) in [6.45, 7) is 3.08. The summed E-state index contributed by atoms with van der Waals surface area (Å²) in [7, 11) is 0. The van der Waals surface area contributed by atoms with E-state index in [2.05, 4.69) is 75.9 Å². The van der Waals surface area contributed by atoms with Gasteiger partial charge in [-0.05, 0) is 49.1 Å². The standard InChI is InChI=1S/C30H31N3O/c34-30(28-15-7-13-25-14-8-19-31-29(25)28)32-26-16-20-33(21-17-26)22-18-27(23-9-3-1-4-10-23)24-11-5-2-6-12-24/h1-15,19,26-27H,16-18,20-22H2,(H,32,34). The predicted molar refractivity (Wildman–Crippen MR) is 138 cm³/mol. The molecule has 1 fully saturated rings. The molecule has 4 nitrogen and oxygen atoms in total. The van der Waals surface area contributed by atoms with Crippen LogP contribution >= 0.6 is 0 Å². The second-order valence-electron chi connectivity index (χ2n) is 9.13. The van der Waals surface area contributed by atoms with E-state index < -0.39 is 0 Å². The van der Waals surface area contributed by atoms with E-state index in [1.807, 2.05) is 30.3 Å². The maximum atomic E-state index is 13.0. The van der Waals surface area contributed by atoms with Crippen LogP contribution in [0.15, 0.2) is 97.2 Å². The smallest absolute Gasteiger partial charge is 0.253 e. The fourth-order valence-electron chi connectivity index (χ4n) is 5.06. The lowest BCUT2D eigenvalue weighted by Crippen LogP contribution is -2.45.